The summed E-state index contributed by atoms with van der Waals surface area (Å²) in [5.41, 5.74) is 2.37. The lowest BCUT2D eigenvalue weighted by atomic mass is 10.1. The lowest BCUT2D eigenvalue weighted by Gasteiger charge is -2.17. The number of nitrogens with one attached hydrogen (secondary N) is 1. The molecule has 1 N–H and O–H groups in total. The minimum absolute atomic E-state index is 0.00763. The van der Waals surface area contributed by atoms with Gasteiger partial charge < -0.3 is 15.0 Å². The van der Waals surface area contributed by atoms with E-state index in [4.69, 9.17) is 4.74 Å². The number of carbonyl (C=O) groups is 2. The average molecular weight is 436 g/mol. The molecule has 1 fully saturated rings. The van der Waals surface area contributed by atoms with E-state index >= 15 is 0 Å². The SMILES string of the molecule is COc1cccc(CN(C)C(=O)CSc2cc(C(=O)NC3CC3)c3ccccc3n2)c1. The fourth-order valence-corrected chi connectivity index (χ4v) is 4.14. The summed E-state index contributed by atoms with van der Waals surface area (Å²) in [6.07, 6.45) is 2.06. The number of nitrogens with zero attached hydrogens (tertiary/aromatic N) is 2. The zero-order chi connectivity index (χ0) is 21.8. The van der Waals surface area contributed by atoms with E-state index in [1.807, 2.05) is 48.5 Å². The molecule has 0 spiro atoms. The van der Waals surface area contributed by atoms with Gasteiger partial charge >= 0.3 is 0 Å². The van der Waals surface area contributed by atoms with Gasteiger partial charge in [-0.3, -0.25) is 9.59 Å². The summed E-state index contributed by atoms with van der Waals surface area (Å²) in [7, 11) is 3.41. The van der Waals surface area contributed by atoms with Gasteiger partial charge in [0.05, 0.1) is 29.0 Å². The van der Waals surface area contributed by atoms with Gasteiger partial charge in [0, 0.05) is 25.0 Å². The topological polar surface area (TPSA) is 71.5 Å². The first-order valence-corrected chi connectivity index (χ1v) is 11.2. The number of methoxy groups -OCH3 is 1. The van der Waals surface area contributed by atoms with E-state index in [1.54, 1.807) is 25.1 Å². The molecule has 0 atom stereocenters. The first-order chi connectivity index (χ1) is 15.0. The van der Waals surface area contributed by atoms with Crippen LogP contribution in [0.25, 0.3) is 10.9 Å². The molecule has 31 heavy (non-hydrogen) atoms. The number of para-hydroxylation sites is 1. The van der Waals surface area contributed by atoms with Crippen LogP contribution in [0.3, 0.4) is 0 Å². The zero-order valence-corrected chi connectivity index (χ0v) is 18.4. The van der Waals surface area contributed by atoms with Crippen LogP contribution in [-0.4, -0.2) is 47.7 Å². The lowest BCUT2D eigenvalue weighted by molar-refractivity contribution is -0.127. The predicted octanol–water partition coefficient (Wildman–Crippen LogP) is 3.89. The average Bonchev–Trinajstić information content (AvgIpc) is 3.60. The first-order valence-electron chi connectivity index (χ1n) is 10.2. The Bertz CT molecular complexity index is 1110. The predicted molar refractivity (Wildman–Crippen MR) is 122 cm³/mol. The van der Waals surface area contributed by atoms with Crippen LogP contribution in [0.1, 0.15) is 28.8 Å². The highest BCUT2D eigenvalue weighted by Crippen LogP contribution is 2.26. The Balaban J connectivity index is 1.45. The van der Waals surface area contributed by atoms with Crippen molar-refractivity contribution in [1.29, 1.82) is 0 Å². The molecular formula is C24H25N3O3S. The zero-order valence-electron chi connectivity index (χ0n) is 17.6. The number of fused-ring (bicyclic) bond motifs is 1. The minimum atomic E-state index is -0.0792. The number of rotatable bonds is 8. The van der Waals surface area contributed by atoms with E-state index < -0.39 is 0 Å². The number of hydrogen-bond acceptors (Lipinski definition) is 5. The van der Waals surface area contributed by atoms with Crippen LogP contribution in [0, 0.1) is 0 Å². The molecule has 4 rings (SSSR count). The maximum Gasteiger partial charge on any atom is 0.252 e. The number of amides is 2. The molecule has 0 aliphatic heterocycles. The van der Waals surface area contributed by atoms with Gasteiger partial charge in [-0.2, -0.15) is 0 Å². The standard InChI is InChI=1S/C24H25N3O3S/c1-27(14-16-6-5-7-18(12-16)30-2)23(28)15-31-22-13-20(24(29)25-17-10-11-17)19-8-3-4-9-21(19)26-22/h3-9,12-13,17H,10-11,14-15H2,1-2H3,(H,25,29). The van der Waals surface area contributed by atoms with Gasteiger partial charge in [0.25, 0.3) is 5.91 Å². The highest BCUT2D eigenvalue weighted by Gasteiger charge is 2.25. The largest absolute Gasteiger partial charge is 0.497 e. The van der Waals surface area contributed by atoms with Crippen molar-refractivity contribution in [3.63, 3.8) is 0 Å². The summed E-state index contributed by atoms with van der Waals surface area (Å²) in [6, 6.07) is 17.4. The quantitative estimate of drug-likeness (QED) is 0.544. The third-order valence-electron chi connectivity index (χ3n) is 5.17. The molecule has 160 valence electrons. The molecule has 0 radical (unpaired) electrons. The molecule has 1 saturated carbocycles. The summed E-state index contributed by atoms with van der Waals surface area (Å²) in [5, 5.41) is 4.54. The summed E-state index contributed by atoms with van der Waals surface area (Å²) < 4.78 is 5.25. The van der Waals surface area contributed by atoms with Gasteiger partial charge in [-0.1, -0.05) is 42.1 Å². The Morgan fingerprint density at radius 2 is 1.97 bits per heavy atom. The van der Waals surface area contributed by atoms with Crippen LogP contribution in [0.2, 0.25) is 0 Å². The molecule has 0 bridgehead atoms. The Hall–Kier alpha value is -3.06. The van der Waals surface area contributed by atoms with Crippen LogP contribution in [0.4, 0.5) is 0 Å². The molecule has 1 aliphatic carbocycles. The van der Waals surface area contributed by atoms with E-state index in [1.165, 1.54) is 11.8 Å². The second-order valence-electron chi connectivity index (χ2n) is 7.66. The monoisotopic (exact) mass is 435 g/mol. The van der Waals surface area contributed by atoms with Crippen molar-refractivity contribution < 1.29 is 14.3 Å². The molecule has 1 aliphatic rings. The van der Waals surface area contributed by atoms with Crippen molar-refractivity contribution in [2.75, 3.05) is 19.9 Å². The van der Waals surface area contributed by atoms with Crippen LogP contribution >= 0.6 is 11.8 Å². The van der Waals surface area contributed by atoms with Gasteiger partial charge in [0.2, 0.25) is 5.91 Å². The number of carbonyl (C=O) groups excluding carboxylic acids is 2. The molecule has 1 aromatic heterocycles. The molecular weight excluding hydrogens is 410 g/mol. The summed E-state index contributed by atoms with van der Waals surface area (Å²) in [4.78, 5) is 31.7. The molecule has 7 heteroatoms. The normalized spacial score (nSPS) is 13.1. The van der Waals surface area contributed by atoms with Crippen molar-refractivity contribution in [3.05, 3.63) is 65.7 Å². The van der Waals surface area contributed by atoms with Crippen molar-refractivity contribution >= 4 is 34.5 Å². The Morgan fingerprint density at radius 1 is 1.16 bits per heavy atom. The molecule has 0 saturated heterocycles. The van der Waals surface area contributed by atoms with Crippen molar-refractivity contribution in [2.45, 2.75) is 30.5 Å². The molecule has 3 aromatic rings. The van der Waals surface area contributed by atoms with Gasteiger partial charge in [-0.15, -0.1) is 0 Å². The maximum absolute atomic E-state index is 12.7. The van der Waals surface area contributed by atoms with E-state index in [-0.39, 0.29) is 23.6 Å². The van der Waals surface area contributed by atoms with Crippen molar-refractivity contribution in [2.24, 2.45) is 0 Å². The maximum atomic E-state index is 12.7. The number of benzene rings is 2. The van der Waals surface area contributed by atoms with Gasteiger partial charge in [0.1, 0.15) is 5.75 Å². The van der Waals surface area contributed by atoms with Crippen LogP contribution < -0.4 is 10.1 Å². The van der Waals surface area contributed by atoms with E-state index in [0.29, 0.717) is 17.1 Å². The first kappa shape index (κ1) is 21.2. The second kappa shape index (κ2) is 9.39. The molecule has 0 unspecified atom stereocenters. The van der Waals surface area contributed by atoms with Crippen LogP contribution in [0.15, 0.2) is 59.6 Å². The van der Waals surface area contributed by atoms with Crippen molar-refractivity contribution in [1.82, 2.24) is 15.2 Å². The van der Waals surface area contributed by atoms with Crippen molar-refractivity contribution in [3.8, 4) is 5.75 Å². The molecule has 2 amide bonds. The van der Waals surface area contributed by atoms with E-state index in [0.717, 1.165) is 35.1 Å². The summed E-state index contributed by atoms with van der Waals surface area (Å²) >= 11 is 1.35. The summed E-state index contributed by atoms with van der Waals surface area (Å²) in [5.74, 6) is 0.927. The fourth-order valence-electron chi connectivity index (χ4n) is 3.28. The number of aromatic nitrogens is 1. The molecule has 1 heterocycles. The Kier molecular flexibility index (Phi) is 6.42. The fraction of sp³-hybridized carbons (Fsp3) is 0.292. The number of thioether (sulfide) groups is 1. The number of pyridine rings is 1. The Morgan fingerprint density at radius 3 is 2.74 bits per heavy atom. The third-order valence-corrected chi connectivity index (χ3v) is 6.07. The van der Waals surface area contributed by atoms with E-state index in [9.17, 15) is 9.59 Å². The second-order valence-corrected chi connectivity index (χ2v) is 8.66. The number of ether oxygens (including phenoxy) is 1. The highest BCUT2D eigenvalue weighted by atomic mass is 32.2. The summed E-state index contributed by atoms with van der Waals surface area (Å²) in [6.45, 7) is 0.497. The lowest BCUT2D eigenvalue weighted by Crippen LogP contribution is -2.28. The van der Waals surface area contributed by atoms with Gasteiger partial charge in [0.15, 0.2) is 0 Å². The third kappa shape index (κ3) is 5.35. The van der Waals surface area contributed by atoms with Crippen LogP contribution in [0.5, 0.6) is 5.75 Å². The minimum Gasteiger partial charge on any atom is -0.497 e. The van der Waals surface area contributed by atoms with Gasteiger partial charge in [-0.05, 0) is 42.7 Å². The molecule has 6 nitrogen and oxygen atoms in total. The Labute approximate surface area is 186 Å². The smallest absolute Gasteiger partial charge is 0.252 e. The van der Waals surface area contributed by atoms with Gasteiger partial charge in [-0.25, -0.2) is 4.98 Å². The van der Waals surface area contributed by atoms with Crippen LogP contribution in [-0.2, 0) is 11.3 Å². The highest BCUT2D eigenvalue weighted by molar-refractivity contribution is 7.99. The van der Waals surface area contributed by atoms with E-state index in [2.05, 4.69) is 10.3 Å². The number of hydrogen-bond donors (Lipinski definition) is 1. The molecule has 2 aromatic carbocycles.